The Balaban J connectivity index is 0.000000360. The Morgan fingerprint density at radius 2 is 1.84 bits per heavy atom. The fourth-order valence-electron chi connectivity index (χ4n) is 4.34. The molecule has 0 radical (unpaired) electrons. The number of nitrogens with one attached hydrogen (secondary N) is 1. The van der Waals surface area contributed by atoms with Crippen molar-refractivity contribution in [3.05, 3.63) is 35.9 Å². The van der Waals surface area contributed by atoms with E-state index in [1.165, 1.54) is 24.8 Å². The zero-order valence-electron chi connectivity index (χ0n) is 18.0. The Hall–Kier alpha value is -2.13. The number of aliphatic carboxylic acids is 1. The Bertz CT molecular complexity index is 755. The van der Waals surface area contributed by atoms with Gasteiger partial charge in [-0.15, -0.1) is 0 Å². The van der Waals surface area contributed by atoms with Crippen molar-refractivity contribution in [1.82, 2.24) is 10.2 Å². The van der Waals surface area contributed by atoms with E-state index in [0.29, 0.717) is 18.3 Å². The van der Waals surface area contributed by atoms with Crippen LogP contribution in [-0.4, -0.2) is 66.9 Å². The van der Waals surface area contributed by atoms with Crippen LogP contribution in [0.1, 0.15) is 31.2 Å². The molecular formula is C23H31F3N2O4. The SMILES string of the molecule is O=C(C[C@H]1OC[C@H]2CN(CCc3ccccc3)CC[C@H]21)NCC1CC1.O=C(O)C(F)(F)F. The third kappa shape index (κ3) is 7.78. The summed E-state index contributed by atoms with van der Waals surface area (Å²) in [6.07, 6.45) is 0.456. The number of carboxylic acids is 1. The minimum Gasteiger partial charge on any atom is -0.475 e. The van der Waals surface area contributed by atoms with E-state index in [0.717, 1.165) is 45.1 Å². The third-order valence-electron chi connectivity index (χ3n) is 6.35. The van der Waals surface area contributed by atoms with Crippen molar-refractivity contribution in [3.8, 4) is 0 Å². The van der Waals surface area contributed by atoms with Gasteiger partial charge in [0.2, 0.25) is 5.91 Å². The molecule has 1 aliphatic carbocycles. The first-order valence-electron chi connectivity index (χ1n) is 11.2. The fraction of sp³-hybridized carbons (Fsp3) is 0.652. The molecule has 9 heteroatoms. The Morgan fingerprint density at radius 1 is 1.16 bits per heavy atom. The van der Waals surface area contributed by atoms with Crippen LogP contribution >= 0.6 is 0 Å². The van der Waals surface area contributed by atoms with E-state index in [1.807, 2.05) is 0 Å². The first kappa shape index (κ1) is 24.5. The van der Waals surface area contributed by atoms with Crippen molar-refractivity contribution in [2.75, 3.05) is 32.8 Å². The molecule has 1 saturated carbocycles. The van der Waals surface area contributed by atoms with Crippen LogP contribution in [0, 0.1) is 17.8 Å². The van der Waals surface area contributed by atoms with Gasteiger partial charge in [-0.3, -0.25) is 4.79 Å². The highest BCUT2D eigenvalue weighted by atomic mass is 19.4. The maximum Gasteiger partial charge on any atom is 0.490 e. The van der Waals surface area contributed by atoms with Crippen LogP contribution in [0.15, 0.2) is 30.3 Å². The summed E-state index contributed by atoms with van der Waals surface area (Å²) in [4.78, 5) is 23.6. The first-order valence-corrected chi connectivity index (χ1v) is 11.2. The zero-order valence-corrected chi connectivity index (χ0v) is 18.0. The molecule has 0 aromatic heterocycles. The molecule has 0 unspecified atom stereocenters. The quantitative estimate of drug-likeness (QED) is 0.659. The van der Waals surface area contributed by atoms with Gasteiger partial charge in [0.25, 0.3) is 0 Å². The molecule has 1 amide bonds. The number of carbonyl (C=O) groups is 2. The summed E-state index contributed by atoms with van der Waals surface area (Å²) in [5, 5.41) is 10.2. The van der Waals surface area contributed by atoms with Crippen molar-refractivity contribution in [2.24, 2.45) is 17.8 Å². The van der Waals surface area contributed by atoms with Crippen LogP contribution in [0.3, 0.4) is 0 Å². The molecule has 4 rings (SSSR count). The van der Waals surface area contributed by atoms with Crippen LogP contribution < -0.4 is 5.32 Å². The molecule has 2 heterocycles. The van der Waals surface area contributed by atoms with Crippen LogP contribution in [0.5, 0.6) is 0 Å². The molecule has 3 aliphatic rings. The lowest BCUT2D eigenvalue weighted by Gasteiger charge is -2.35. The lowest BCUT2D eigenvalue weighted by molar-refractivity contribution is -0.192. The number of rotatable bonds is 7. The van der Waals surface area contributed by atoms with E-state index in [4.69, 9.17) is 14.6 Å². The van der Waals surface area contributed by atoms with Crippen LogP contribution in [0.4, 0.5) is 13.2 Å². The van der Waals surface area contributed by atoms with E-state index in [-0.39, 0.29) is 12.0 Å². The van der Waals surface area contributed by atoms with Gasteiger partial charge >= 0.3 is 12.1 Å². The lowest BCUT2D eigenvalue weighted by atomic mass is 9.83. The van der Waals surface area contributed by atoms with Gasteiger partial charge < -0.3 is 20.1 Å². The lowest BCUT2D eigenvalue weighted by Crippen LogP contribution is -2.43. The highest BCUT2D eigenvalue weighted by Gasteiger charge is 2.41. The van der Waals surface area contributed by atoms with Crippen LogP contribution in [0.2, 0.25) is 0 Å². The average Bonchev–Trinajstić information content (AvgIpc) is 3.51. The molecule has 3 atom stereocenters. The summed E-state index contributed by atoms with van der Waals surface area (Å²) >= 11 is 0. The third-order valence-corrected chi connectivity index (χ3v) is 6.35. The highest BCUT2D eigenvalue weighted by Crippen LogP contribution is 2.36. The number of likely N-dealkylation sites (tertiary alicyclic amines) is 1. The number of fused-ring (bicyclic) bond motifs is 1. The van der Waals surface area contributed by atoms with Crippen LogP contribution in [0.25, 0.3) is 0 Å². The van der Waals surface area contributed by atoms with Crippen molar-refractivity contribution in [3.63, 3.8) is 0 Å². The summed E-state index contributed by atoms with van der Waals surface area (Å²) in [5.74, 6) is -0.656. The summed E-state index contributed by atoms with van der Waals surface area (Å²) in [7, 11) is 0. The summed E-state index contributed by atoms with van der Waals surface area (Å²) < 4.78 is 37.8. The zero-order chi connectivity index (χ0) is 23.1. The second-order valence-electron chi connectivity index (χ2n) is 8.88. The van der Waals surface area contributed by atoms with E-state index in [2.05, 4.69) is 40.5 Å². The molecule has 32 heavy (non-hydrogen) atoms. The first-order chi connectivity index (χ1) is 15.2. The van der Waals surface area contributed by atoms with E-state index >= 15 is 0 Å². The van der Waals surface area contributed by atoms with Gasteiger partial charge in [-0.1, -0.05) is 30.3 Å². The van der Waals surface area contributed by atoms with Crippen molar-refractivity contribution >= 4 is 11.9 Å². The summed E-state index contributed by atoms with van der Waals surface area (Å²) in [6, 6.07) is 10.7. The molecule has 2 saturated heterocycles. The molecule has 6 nitrogen and oxygen atoms in total. The standard InChI is InChI=1S/C21H30N2O2.C2HF3O2/c24-21(22-13-17-6-7-17)12-20-19-9-11-23(14-18(19)15-25-20)10-8-16-4-2-1-3-5-16;3-2(4,5)1(6)7/h1-5,17-20H,6-15H2,(H,22,24);(H,6,7)/t18-,19-,20-;/m1./s1. The maximum atomic E-state index is 12.1. The smallest absolute Gasteiger partial charge is 0.475 e. The molecule has 0 bridgehead atoms. The van der Waals surface area contributed by atoms with Crippen molar-refractivity contribution < 1.29 is 32.6 Å². The number of hydrogen-bond acceptors (Lipinski definition) is 4. The topological polar surface area (TPSA) is 78.9 Å². The van der Waals surface area contributed by atoms with Gasteiger partial charge in [-0.05, 0) is 49.6 Å². The van der Waals surface area contributed by atoms with Gasteiger partial charge in [0.15, 0.2) is 0 Å². The number of hydrogen-bond donors (Lipinski definition) is 2. The number of carboxylic acid groups (broad SMARTS) is 1. The minimum absolute atomic E-state index is 0.139. The Kier molecular flexibility index (Phi) is 8.53. The number of carbonyl (C=O) groups excluding carboxylic acids is 1. The number of alkyl halides is 3. The largest absolute Gasteiger partial charge is 0.490 e. The van der Waals surface area contributed by atoms with Crippen LogP contribution in [-0.2, 0) is 20.7 Å². The van der Waals surface area contributed by atoms with Crippen molar-refractivity contribution in [2.45, 2.75) is 44.4 Å². The maximum absolute atomic E-state index is 12.1. The molecule has 1 aromatic rings. The molecule has 3 fully saturated rings. The van der Waals surface area contributed by atoms with E-state index < -0.39 is 12.1 Å². The van der Waals surface area contributed by atoms with E-state index in [1.54, 1.807) is 0 Å². The number of benzene rings is 1. The molecule has 1 aromatic carbocycles. The number of halogens is 3. The predicted octanol–water partition coefficient (Wildman–Crippen LogP) is 3.12. The molecule has 178 valence electrons. The minimum atomic E-state index is -5.08. The van der Waals surface area contributed by atoms with E-state index in [9.17, 15) is 18.0 Å². The molecule has 2 aliphatic heterocycles. The summed E-state index contributed by atoms with van der Waals surface area (Å²) in [5.41, 5.74) is 1.41. The Morgan fingerprint density at radius 3 is 2.47 bits per heavy atom. The second kappa shape index (κ2) is 11.1. The van der Waals surface area contributed by atoms with Gasteiger partial charge in [-0.25, -0.2) is 4.79 Å². The predicted molar refractivity (Wildman–Crippen MR) is 112 cm³/mol. The van der Waals surface area contributed by atoms with Gasteiger partial charge in [0.1, 0.15) is 0 Å². The highest BCUT2D eigenvalue weighted by molar-refractivity contribution is 5.76. The average molecular weight is 457 g/mol. The second-order valence-corrected chi connectivity index (χ2v) is 8.88. The fourth-order valence-corrected chi connectivity index (χ4v) is 4.34. The van der Waals surface area contributed by atoms with Gasteiger partial charge in [0.05, 0.1) is 19.1 Å². The molecule has 2 N–H and O–H groups in total. The number of nitrogens with zero attached hydrogens (tertiary/aromatic N) is 1. The molecule has 0 spiro atoms. The van der Waals surface area contributed by atoms with Crippen molar-refractivity contribution in [1.29, 1.82) is 0 Å². The number of piperidine rings is 1. The normalized spacial score (nSPS) is 25.4. The monoisotopic (exact) mass is 456 g/mol. The summed E-state index contributed by atoms with van der Waals surface area (Å²) in [6.45, 7) is 5.08. The van der Waals surface area contributed by atoms with Gasteiger partial charge in [0, 0.05) is 25.6 Å². The molecular weight excluding hydrogens is 425 g/mol. The number of ether oxygens (including phenoxy) is 1. The number of amides is 1. The van der Waals surface area contributed by atoms with Gasteiger partial charge in [-0.2, -0.15) is 13.2 Å². The Labute approximate surface area is 186 Å².